The number of hydrogen-bond acceptors (Lipinski definition) is 5. The third kappa shape index (κ3) is 5.37. The van der Waals surface area contributed by atoms with E-state index in [9.17, 15) is 14.4 Å². The molecule has 1 aliphatic rings. The normalized spacial score (nSPS) is 12.9. The molecule has 2 amide bonds. The Labute approximate surface area is 183 Å². The van der Waals surface area contributed by atoms with E-state index in [1.807, 2.05) is 33.8 Å². The first-order valence-corrected chi connectivity index (χ1v) is 10.6. The van der Waals surface area contributed by atoms with Crippen molar-refractivity contribution in [2.45, 2.75) is 60.0 Å². The summed E-state index contributed by atoms with van der Waals surface area (Å²) in [6.45, 7) is 8.58. The fourth-order valence-electron chi connectivity index (χ4n) is 3.79. The number of amides is 2. The van der Waals surface area contributed by atoms with Crippen LogP contribution in [0.2, 0.25) is 0 Å². The van der Waals surface area contributed by atoms with Crippen LogP contribution in [-0.2, 0) is 22.6 Å². The van der Waals surface area contributed by atoms with E-state index >= 15 is 0 Å². The van der Waals surface area contributed by atoms with Gasteiger partial charge in [-0.1, -0.05) is 18.6 Å². The van der Waals surface area contributed by atoms with Crippen LogP contribution in [0.15, 0.2) is 11.6 Å². The molecule has 0 aliphatic carbocycles. The van der Waals surface area contributed by atoms with Crippen LogP contribution in [0.25, 0.3) is 0 Å². The number of hydrogen-bond donors (Lipinski definition) is 2. The molecule has 2 N–H and O–H groups in total. The van der Waals surface area contributed by atoms with Crippen LogP contribution in [0.1, 0.15) is 67.1 Å². The van der Waals surface area contributed by atoms with Crippen molar-refractivity contribution in [3.8, 4) is 5.75 Å². The van der Waals surface area contributed by atoms with E-state index in [0.29, 0.717) is 54.9 Å². The average molecular weight is 433 g/mol. The van der Waals surface area contributed by atoms with Gasteiger partial charge >= 0.3 is 18.0 Å². The summed E-state index contributed by atoms with van der Waals surface area (Å²) in [5.41, 5.74) is 4.09. The Morgan fingerprint density at radius 2 is 2.00 bits per heavy atom. The second kappa shape index (κ2) is 10.8. The third-order valence-corrected chi connectivity index (χ3v) is 5.33. The molecule has 170 valence electrons. The lowest BCUT2D eigenvalue weighted by Crippen LogP contribution is -2.41. The number of carbonyl (C=O) groups excluding carboxylic acids is 2. The largest absolute Gasteiger partial charge is 0.496 e. The molecule has 0 unspecified atom stereocenters. The summed E-state index contributed by atoms with van der Waals surface area (Å²) in [6, 6.07) is -0.287. The number of carbonyl (C=O) groups is 3. The SMILES string of the molecule is CCCN(C(=O)NCC)c1c(C/C=C(\C)CCC(=O)O)c(OC)c(C)c2c1C(=O)OC2. The predicted octanol–water partition coefficient (Wildman–Crippen LogP) is 3.97. The van der Waals surface area contributed by atoms with Gasteiger partial charge in [-0.3, -0.25) is 9.69 Å². The molecule has 1 aromatic rings. The Kier molecular flexibility index (Phi) is 8.47. The molecule has 1 aliphatic heterocycles. The number of cyclic esters (lactones) is 1. The molecule has 2 rings (SSSR count). The van der Waals surface area contributed by atoms with E-state index < -0.39 is 11.9 Å². The minimum atomic E-state index is -0.854. The number of benzene rings is 1. The molecule has 8 nitrogen and oxygen atoms in total. The summed E-state index contributed by atoms with van der Waals surface area (Å²) >= 11 is 0. The fraction of sp³-hybridized carbons (Fsp3) is 0.522. The Morgan fingerprint density at radius 3 is 2.58 bits per heavy atom. The number of urea groups is 1. The highest BCUT2D eigenvalue weighted by Crippen LogP contribution is 2.43. The quantitative estimate of drug-likeness (QED) is 0.428. The number of allylic oxidation sites excluding steroid dienone is 2. The number of fused-ring (bicyclic) bond motifs is 1. The van der Waals surface area contributed by atoms with Gasteiger partial charge in [0.15, 0.2) is 0 Å². The maximum Gasteiger partial charge on any atom is 0.341 e. The second-order valence-electron chi connectivity index (χ2n) is 7.55. The number of esters is 1. The van der Waals surface area contributed by atoms with Crippen LogP contribution < -0.4 is 15.0 Å². The summed E-state index contributed by atoms with van der Waals surface area (Å²) in [4.78, 5) is 38.1. The number of nitrogens with zero attached hydrogens (tertiary/aromatic N) is 1. The molecule has 1 aromatic carbocycles. The standard InChI is InChI=1S/C23H32N2O6/c1-6-12-25(23(29)24-7-2)20-16(10-8-14(3)9-11-18(26)27)21(30-5)15(4)17-13-31-22(28)19(17)20/h8H,6-7,9-13H2,1-5H3,(H,24,29)(H,26,27)/b14-8+. The van der Waals surface area contributed by atoms with Crippen molar-refractivity contribution in [3.05, 3.63) is 33.9 Å². The zero-order chi connectivity index (χ0) is 23.1. The summed E-state index contributed by atoms with van der Waals surface area (Å²) in [5, 5.41) is 11.8. The van der Waals surface area contributed by atoms with E-state index in [2.05, 4.69) is 5.32 Å². The van der Waals surface area contributed by atoms with Gasteiger partial charge in [0.1, 0.15) is 12.4 Å². The number of anilines is 1. The van der Waals surface area contributed by atoms with Crippen molar-refractivity contribution in [1.82, 2.24) is 5.32 Å². The Balaban J connectivity index is 2.68. The number of ether oxygens (including phenoxy) is 2. The molecular formula is C23H32N2O6. The lowest BCUT2D eigenvalue weighted by Gasteiger charge is -2.28. The van der Waals surface area contributed by atoms with Crippen LogP contribution in [0.5, 0.6) is 5.75 Å². The monoisotopic (exact) mass is 432 g/mol. The smallest absolute Gasteiger partial charge is 0.341 e. The number of nitrogens with one attached hydrogen (secondary N) is 1. The van der Waals surface area contributed by atoms with E-state index in [4.69, 9.17) is 14.6 Å². The van der Waals surface area contributed by atoms with E-state index in [0.717, 1.165) is 16.7 Å². The molecule has 0 atom stereocenters. The first-order valence-electron chi connectivity index (χ1n) is 10.6. The zero-order valence-electron chi connectivity index (χ0n) is 19.0. The Morgan fingerprint density at radius 1 is 1.29 bits per heavy atom. The molecule has 8 heteroatoms. The summed E-state index contributed by atoms with van der Waals surface area (Å²) in [7, 11) is 1.57. The van der Waals surface area contributed by atoms with Gasteiger partial charge in [-0.25, -0.2) is 9.59 Å². The average Bonchev–Trinajstić information content (AvgIpc) is 3.11. The van der Waals surface area contributed by atoms with Gasteiger partial charge in [0.25, 0.3) is 0 Å². The molecule has 0 saturated heterocycles. The molecule has 0 bridgehead atoms. The van der Waals surface area contributed by atoms with Gasteiger partial charge in [-0.05, 0) is 45.6 Å². The first-order chi connectivity index (χ1) is 14.8. The van der Waals surface area contributed by atoms with Crippen LogP contribution in [0.4, 0.5) is 10.5 Å². The topological polar surface area (TPSA) is 105 Å². The van der Waals surface area contributed by atoms with Crippen LogP contribution in [0.3, 0.4) is 0 Å². The Hall–Kier alpha value is -3.03. The van der Waals surface area contributed by atoms with Crippen LogP contribution in [-0.4, -0.2) is 43.3 Å². The molecule has 31 heavy (non-hydrogen) atoms. The number of carboxylic acid groups (broad SMARTS) is 1. The maximum absolute atomic E-state index is 12.9. The second-order valence-corrected chi connectivity index (χ2v) is 7.55. The number of carboxylic acids is 1. The third-order valence-electron chi connectivity index (χ3n) is 5.33. The van der Waals surface area contributed by atoms with Crippen molar-refractivity contribution in [2.75, 3.05) is 25.1 Å². The highest BCUT2D eigenvalue weighted by Gasteiger charge is 2.35. The van der Waals surface area contributed by atoms with Gasteiger partial charge in [0.2, 0.25) is 0 Å². The molecule has 0 spiro atoms. The summed E-state index contributed by atoms with van der Waals surface area (Å²) in [6.07, 6.45) is 3.49. The highest BCUT2D eigenvalue weighted by atomic mass is 16.5. The van der Waals surface area contributed by atoms with Crippen molar-refractivity contribution < 1.29 is 29.0 Å². The molecule has 1 heterocycles. The maximum atomic E-state index is 12.9. The summed E-state index contributed by atoms with van der Waals surface area (Å²) < 4.78 is 11.1. The van der Waals surface area contributed by atoms with E-state index in [1.54, 1.807) is 12.0 Å². The van der Waals surface area contributed by atoms with Crippen LogP contribution in [0, 0.1) is 6.92 Å². The van der Waals surface area contributed by atoms with Gasteiger partial charge in [0, 0.05) is 30.6 Å². The fourth-order valence-corrected chi connectivity index (χ4v) is 3.79. The summed E-state index contributed by atoms with van der Waals surface area (Å²) in [5.74, 6) is -0.693. The molecule has 0 fully saturated rings. The van der Waals surface area contributed by atoms with Gasteiger partial charge < -0.3 is 19.9 Å². The highest BCUT2D eigenvalue weighted by molar-refractivity contribution is 6.06. The molecule has 0 saturated carbocycles. The molecular weight excluding hydrogens is 400 g/mol. The number of aliphatic carboxylic acids is 1. The van der Waals surface area contributed by atoms with Crippen molar-refractivity contribution >= 4 is 23.7 Å². The molecule has 0 radical (unpaired) electrons. The minimum absolute atomic E-state index is 0.0444. The van der Waals surface area contributed by atoms with Gasteiger partial charge in [-0.2, -0.15) is 0 Å². The lowest BCUT2D eigenvalue weighted by molar-refractivity contribution is -0.136. The van der Waals surface area contributed by atoms with Crippen molar-refractivity contribution in [3.63, 3.8) is 0 Å². The minimum Gasteiger partial charge on any atom is -0.496 e. The lowest BCUT2D eigenvalue weighted by atomic mass is 9.92. The van der Waals surface area contributed by atoms with Gasteiger partial charge in [0.05, 0.1) is 18.4 Å². The number of methoxy groups -OCH3 is 1. The van der Waals surface area contributed by atoms with Crippen molar-refractivity contribution in [1.29, 1.82) is 0 Å². The van der Waals surface area contributed by atoms with E-state index in [-0.39, 0.29) is 19.1 Å². The van der Waals surface area contributed by atoms with Crippen molar-refractivity contribution in [2.24, 2.45) is 0 Å². The Bertz CT molecular complexity index is 891. The zero-order valence-corrected chi connectivity index (χ0v) is 19.0. The molecule has 0 aromatic heterocycles. The van der Waals surface area contributed by atoms with Crippen LogP contribution >= 0.6 is 0 Å². The first kappa shape index (κ1) is 24.2. The van der Waals surface area contributed by atoms with Gasteiger partial charge in [-0.15, -0.1) is 0 Å². The van der Waals surface area contributed by atoms with E-state index in [1.165, 1.54) is 0 Å². The predicted molar refractivity (Wildman–Crippen MR) is 118 cm³/mol. The number of rotatable bonds is 10.